The number of amides is 2. The minimum Gasteiger partial charge on any atom is -0.406 e. The van der Waals surface area contributed by atoms with Crippen LogP contribution in [-0.2, 0) is 11.3 Å². The van der Waals surface area contributed by atoms with E-state index < -0.39 is 18.0 Å². The number of nitrogens with one attached hydrogen (secondary N) is 2. The van der Waals surface area contributed by atoms with Crippen molar-refractivity contribution in [3.05, 3.63) is 59.7 Å². The summed E-state index contributed by atoms with van der Waals surface area (Å²) < 4.78 is 40.2. The molecule has 0 aliphatic heterocycles. The summed E-state index contributed by atoms with van der Waals surface area (Å²) in [5.74, 6) is -0.672. The van der Waals surface area contributed by atoms with E-state index in [1.165, 1.54) is 12.1 Å². The third kappa shape index (κ3) is 7.30. The van der Waals surface area contributed by atoms with Crippen LogP contribution in [0.5, 0.6) is 5.75 Å². The average molecular weight is 394 g/mol. The number of rotatable bonds is 7. The second-order valence-electron chi connectivity index (χ2n) is 6.60. The Bertz CT molecular complexity index is 818. The molecule has 8 heteroatoms. The number of carbonyl (C=O) groups excluding carboxylic acids is 2. The van der Waals surface area contributed by atoms with Crippen LogP contribution in [0.2, 0.25) is 0 Å². The molecule has 0 radical (unpaired) electrons. The van der Waals surface area contributed by atoms with E-state index in [-0.39, 0.29) is 23.9 Å². The Balaban J connectivity index is 1.92. The quantitative estimate of drug-likeness (QED) is 0.727. The molecule has 0 aromatic heterocycles. The third-order valence-electron chi connectivity index (χ3n) is 3.61. The fourth-order valence-corrected chi connectivity index (χ4v) is 2.43. The maximum Gasteiger partial charge on any atom is 0.573 e. The number of hydrogen-bond acceptors (Lipinski definition) is 3. The van der Waals surface area contributed by atoms with E-state index in [1.807, 2.05) is 13.8 Å². The molecular formula is C20H21F3N2O3. The van der Waals surface area contributed by atoms with Crippen LogP contribution in [0.3, 0.4) is 0 Å². The first-order valence-electron chi connectivity index (χ1n) is 8.65. The van der Waals surface area contributed by atoms with E-state index >= 15 is 0 Å². The van der Waals surface area contributed by atoms with Crippen molar-refractivity contribution >= 4 is 17.5 Å². The van der Waals surface area contributed by atoms with Crippen molar-refractivity contribution in [2.75, 3.05) is 5.32 Å². The molecule has 2 N–H and O–H groups in total. The van der Waals surface area contributed by atoms with Gasteiger partial charge in [-0.1, -0.05) is 26.0 Å². The van der Waals surface area contributed by atoms with Gasteiger partial charge in [0, 0.05) is 24.2 Å². The van der Waals surface area contributed by atoms with E-state index in [2.05, 4.69) is 15.4 Å². The van der Waals surface area contributed by atoms with Crippen LogP contribution in [0.4, 0.5) is 18.9 Å². The topological polar surface area (TPSA) is 67.4 Å². The summed E-state index contributed by atoms with van der Waals surface area (Å²) in [6.45, 7) is 4.11. The molecule has 0 fully saturated rings. The van der Waals surface area contributed by atoms with Gasteiger partial charge in [0.2, 0.25) is 5.91 Å². The van der Waals surface area contributed by atoms with Crippen LogP contribution in [0.1, 0.15) is 36.2 Å². The molecule has 150 valence electrons. The first kappa shape index (κ1) is 21.3. The zero-order valence-corrected chi connectivity index (χ0v) is 15.5. The van der Waals surface area contributed by atoms with Crippen molar-refractivity contribution < 1.29 is 27.5 Å². The summed E-state index contributed by atoms with van der Waals surface area (Å²) in [7, 11) is 0. The van der Waals surface area contributed by atoms with Gasteiger partial charge in [0.25, 0.3) is 5.91 Å². The number of anilines is 1. The predicted octanol–water partition coefficient (Wildman–Crippen LogP) is 4.50. The van der Waals surface area contributed by atoms with Crippen LogP contribution < -0.4 is 15.4 Å². The highest BCUT2D eigenvalue weighted by atomic mass is 19.4. The number of hydrogen-bond donors (Lipinski definition) is 2. The molecule has 0 heterocycles. The Morgan fingerprint density at radius 1 is 1.07 bits per heavy atom. The van der Waals surface area contributed by atoms with E-state index in [0.29, 0.717) is 12.1 Å². The van der Waals surface area contributed by atoms with Crippen molar-refractivity contribution in [1.82, 2.24) is 5.32 Å². The minimum absolute atomic E-state index is 0.0858. The molecule has 2 amide bonds. The minimum atomic E-state index is -4.78. The maximum absolute atomic E-state index is 12.2. The summed E-state index contributed by atoms with van der Waals surface area (Å²) >= 11 is 0. The molecule has 0 saturated carbocycles. The van der Waals surface area contributed by atoms with Crippen molar-refractivity contribution in [2.45, 2.75) is 33.2 Å². The van der Waals surface area contributed by atoms with Gasteiger partial charge in [0.15, 0.2) is 0 Å². The molecule has 0 spiro atoms. The molecule has 0 unspecified atom stereocenters. The van der Waals surface area contributed by atoms with Gasteiger partial charge >= 0.3 is 6.36 Å². The van der Waals surface area contributed by atoms with Crippen molar-refractivity contribution in [1.29, 1.82) is 0 Å². The van der Waals surface area contributed by atoms with Gasteiger partial charge in [-0.3, -0.25) is 9.59 Å². The van der Waals surface area contributed by atoms with Gasteiger partial charge in [-0.05, 0) is 47.9 Å². The second-order valence-corrected chi connectivity index (χ2v) is 6.60. The van der Waals surface area contributed by atoms with E-state index in [9.17, 15) is 22.8 Å². The average Bonchev–Trinajstić information content (AvgIpc) is 2.58. The Hall–Kier alpha value is -3.03. The Morgan fingerprint density at radius 3 is 2.36 bits per heavy atom. The van der Waals surface area contributed by atoms with E-state index in [1.54, 1.807) is 24.3 Å². The monoisotopic (exact) mass is 394 g/mol. The molecule has 0 atom stereocenters. The molecule has 28 heavy (non-hydrogen) atoms. The smallest absolute Gasteiger partial charge is 0.406 e. The fraction of sp³-hybridized carbons (Fsp3) is 0.300. The summed E-state index contributed by atoms with van der Waals surface area (Å²) in [5.41, 5.74) is 1.61. The highest BCUT2D eigenvalue weighted by Gasteiger charge is 2.31. The number of carbonyl (C=O) groups is 2. The first-order valence-corrected chi connectivity index (χ1v) is 8.65. The highest BCUT2D eigenvalue weighted by Crippen LogP contribution is 2.22. The van der Waals surface area contributed by atoms with E-state index in [0.717, 1.165) is 17.7 Å². The maximum atomic E-state index is 12.2. The number of benzene rings is 2. The van der Waals surface area contributed by atoms with Gasteiger partial charge in [-0.2, -0.15) is 0 Å². The van der Waals surface area contributed by atoms with Gasteiger partial charge in [-0.25, -0.2) is 0 Å². The first-order chi connectivity index (χ1) is 13.1. The van der Waals surface area contributed by atoms with Crippen molar-refractivity contribution in [3.8, 4) is 5.75 Å². The molecule has 0 bridgehead atoms. The van der Waals surface area contributed by atoms with Gasteiger partial charge in [0.1, 0.15) is 5.75 Å². The largest absolute Gasteiger partial charge is 0.573 e. The SMILES string of the molecule is CC(C)CC(=O)Nc1cccc(CNC(=O)c2ccc(OC(F)(F)F)cc2)c1. The number of halogens is 3. The predicted molar refractivity (Wildman–Crippen MR) is 98.8 cm³/mol. The Kier molecular flexibility index (Phi) is 7.03. The highest BCUT2D eigenvalue weighted by molar-refractivity contribution is 5.94. The summed E-state index contributed by atoms with van der Waals surface area (Å²) in [6, 6.07) is 11.7. The Morgan fingerprint density at radius 2 is 1.75 bits per heavy atom. The molecule has 2 aromatic rings. The molecule has 2 rings (SSSR count). The molecular weight excluding hydrogens is 373 g/mol. The lowest BCUT2D eigenvalue weighted by Crippen LogP contribution is -2.23. The number of ether oxygens (including phenoxy) is 1. The van der Waals surface area contributed by atoms with Crippen molar-refractivity contribution in [3.63, 3.8) is 0 Å². The lowest BCUT2D eigenvalue weighted by Gasteiger charge is -2.11. The number of alkyl halides is 3. The molecule has 0 aliphatic carbocycles. The third-order valence-corrected chi connectivity index (χ3v) is 3.61. The van der Waals surface area contributed by atoms with E-state index in [4.69, 9.17) is 0 Å². The lowest BCUT2D eigenvalue weighted by molar-refractivity contribution is -0.274. The van der Waals surface area contributed by atoms with Crippen LogP contribution in [-0.4, -0.2) is 18.2 Å². The molecule has 0 aliphatic rings. The second kappa shape index (κ2) is 9.25. The molecule has 2 aromatic carbocycles. The molecule has 5 nitrogen and oxygen atoms in total. The summed E-state index contributed by atoms with van der Waals surface area (Å²) in [4.78, 5) is 24.0. The van der Waals surface area contributed by atoms with Gasteiger partial charge < -0.3 is 15.4 Å². The van der Waals surface area contributed by atoms with Crippen LogP contribution in [0.15, 0.2) is 48.5 Å². The fourth-order valence-electron chi connectivity index (χ4n) is 2.43. The lowest BCUT2D eigenvalue weighted by atomic mass is 10.1. The van der Waals surface area contributed by atoms with Crippen LogP contribution >= 0.6 is 0 Å². The van der Waals surface area contributed by atoms with Crippen LogP contribution in [0.25, 0.3) is 0 Å². The Labute approximate surface area is 160 Å². The summed E-state index contributed by atoms with van der Waals surface area (Å²) in [6.07, 6.45) is -4.37. The molecule has 0 saturated heterocycles. The van der Waals surface area contributed by atoms with Gasteiger partial charge in [-0.15, -0.1) is 13.2 Å². The van der Waals surface area contributed by atoms with Gasteiger partial charge in [0.05, 0.1) is 0 Å². The summed E-state index contributed by atoms with van der Waals surface area (Å²) in [5, 5.41) is 5.48. The zero-order valence-electron chi connectivity index (χ0n) is 15.5. The van der Waals surface area contributed by atoms with Crippen LogP contribution in [0, 0.1) is 5.92 Å². The standard InChI is InChI=1S/C20H21F3N2O3/c1-13(2)10-18(26)25-16-5-3-4-14(11-16)12-24-19(27)15-6-8-17(9-7-15)28-20(21,22)23/h3-9,11,13H,10,12H2,1-2H3,(H,24,27)(H,25,26). The normalized spacial score (nSPS) is 11.2. The van der Waals surface area contributed by atoms with Crippen molar-refractivity contribution in [2.24, 2.45) is 5.92 Å². The zero-order chi connectivity index (χ0) is 20.7.